The summed E-state index contributed by atoms with van der Waals surface area (Å²) in [5.41, 5.74) is 2.48. The molecule has 4 aromatic rings. The highest BCUT2D eigenvalue weighted by atomic mass is 19.1. The Labute approximate surface area is 171 Å². The van der Waals surface area contributed by atoms with Gasteiger partial charge in [0.1, 0.15) is 11.6 Å². The lowest BCUT2D eigenvalue weighted by molar-refractivity contribution is -0.114. The first-order valence-electron chi connectivity index (χ1n) is 9.03. The lowest BCUT2D eigenvalue weighted by Crippen LogP contribution is -2.27. The Morgan fingerprint density at radius 2 is 1.77 bits per heavy atom. The molecule has 0 saturated carbocycles. The number of nitrogens with one attached hydrogen (secondary N) is 1. The van der Waals surface area contributed by atoms with Crippen molar-refractivity contribution in [1.82, 2.24) is 19.4 Å². The van der Waals surface area contributed by atoms with E-state index < -0.39 is 5.82 Å². The number of anilines is 2. The van der Waals surface area contributed by atoms with E-state index in [4.69, 9.17) is 0 Å². The van der Waals surface area contributed by atoms with Crippen LogP contribution in [0.5, 0.6) is 0 Å². The number of carbonyl (C=O) groups is 2. The van der Waals surface area contributed by atoms with Crippen molar-refractivity contribution >= 4 is 29.1 Å². The van der Waals surface area contributed by atoms with Crippen LogP contribution in [0.25, 0.3) is 16.9 Å². The molecule has 3 heterocycles. The Morgan fingerprint density at radius 3 is 2.43 bits per heavy atom. The Bertz CT molecular complexity index is 1230. The molecule has 4 rings (SSSR count). The minimum absolute atomic E-state index is 0.199. The SMILES string of the molecule is CC(=O)Nc1ccc(-c2cnc3cnc(N(C)C(=O)c4ccc(F)cc4)cn23)cn1. The molecule has 1 N–H and O–H groups in total. The van der Waals surface area contributed by atoms with Gasteiger partial charge in [0.2, 0.25) is 5.91 Å². The molecule has 2 amide bonds. The summed E-state index contributed by atoms with van der Waals surface area (Å²) >= 11 is 0. The van der Waals surface area contributed by atoms with Crippen LogP contribution in [0.1, 0.15) is 17.3 Å². The maximum Gasteiger partial charge on any atom is 0.259 e. The highest BCUT2D eigenvalue weighted by Gasteiger charge is 2.16. The van der Waals surface area contributed by atoms with Crippen LogP contribution in [-0.4, -0.2) is 38.2 Å². The molecule has 0 bridgehead atoms. The van der Waals surface area contributed by atoms with Crippen molar-refractivity contribution in [3.63, 3.8) is 0 Å². The number of benzene rings is 1. The Hall–Kier alpha value is -4.14. The van der Waals surface area contributed by atoms with Crippen LogP contribution in [0.15, 0.2) is 61.2 Å². The molecular formula is C21H17FN6O2. The van der Waals surface area contributed by atoms with E-state index in [9.17, 15) is 14.0 Å². The van der Waals surface area contributed by atoms with Crippen LogP contribution in [0, 0.1) is 5.82 Å². The molecule has 0 fully saturated rings. The largest absolute Gasteiger partial charge is 0.311 e. The number of rotatable bonds is 4. The standard InChI is InChI=1S/C21H17FN6O2/c1-13(29)26-18-8-5-15(9-23-18)17-10-24-19-11-25-20(12-28(17)19)27(2)21(30)14-3-6-16(22)7-4-14/h3-12H,1-2H3,(H,23,26,29). The quantitative estimate of drug-likeness (QED) is 0.564. The van der Waals surface area contributed by atoms with Crippen LogP contribution >= 0.6 is 0 Å². The van der Waals surface area contributed by atoms with Gasteiger partial charge in [-0.3, -0.25) is 18.9 Å². The molecule has 0 aliphatic heterocycles. The van der Waals surface area contributed by atoms with Crippen LogP contribution < -0.4 is 10.2 Å². The van der Waals surface area contributed by atoms with Crippen molar-refractivity contribution in [3.8, 4) is 11.3 Å². The normalized spacial score (nSPS) is 10.8. The molecule has 1 aromatic carbocycles. The zero-order chi connectivity index (χ0) is 21.3. The summed E-state index contributed by atoms with van der Waals surface area (Å²) in [5.74, 6) is -0.0691. The maximum atomic E-state index is 13.1. The molecule has 0 aliphatic carbocycles. The van der Waals surface area contributed by atoms with Crippen molar-refractivity contribution in [3.05, 3.63) is 72.6 Å². The maximum absolute atomic E-state index is 13.1. The third-order valence-corrected chi connectivity index (χ3v) is 4.49. The molecule has 8 nitrogen and oxygen atoms in total. The van der Waals surface area contributed by atoms with E-state index >= 15 is 0 Å². The van der Waals surface area contributed by atoms with Crippen LogP contribution in [-0.2, 0) is 4.79 Å². The second kappa shape index (κ2) is 7.70. The average molecular weight is 404 g/mol. The van der Waals surface area contributed by atoms with Crippen LogP contribution in [0.4, 0.5) is 16.0 Å². The number of amides is 2. The zero-order valence-electron chi connectivity index (χ0n) is 16.2. The number of carbonyl (C=O) groups excluding carboxylic acids is 2. The Morgan fingerprint density at radius 1 is 1.00 bits per heavy atom. The second-order valence-electron chi connectivity index (χ2n) is 6.60. The van der Waals surface area contributed by atoms with Gasteiger partial charge < -0.3 is 5.32 Å². The first-order chi connectivity index (χ1) is 14.4. The summed E-state index contributed by atoms with van der Waals surface area (Å²) in [6, 6.07) is 8.85. The summed E-state index contributed by atoms with van der Waals surface area (Å²) in [4.78, 5) is 38.1. The first kappa shape index (κ1) is 19.2. The first-order valence-corrected chi connectivity index (χ1v) is 9.03. The predicted molar refractivity (Wildman–Crippen MR) is 110 cm³/mol. The second-order valence-corrected chi connectivity index (χ2v) is 6.60. The molecule has 3 aromatic heterocycles. The van der Waals surface area contributed by atoms with E-state index in [1.165, 1.54) is 36.1 Å². The summed E-state index contributed by atoms with van der Waals surface area (Å²) in [5, 5.41) is 2.62. The van der Waals surface area contributed by atoms with Gasteiger partial charge >= 0.3 is 0 Å². The van der Waals surface area contributed by atoms with Gasteiger partial charge in [0.15, 0.2) is 11.5 Å². The van der Waals surface area contributed by atoms with Gasteiger partial charge in [-0.15, -0.1) is 0 Å². The summed E-state index contributed by atoms with van der Waals surface area (Å²) < 4.78 is 14.9. The van der Waals surface area contributed by atoms with E-state index in [2.05, 4.69) is 20.3 Å². The molecule has 0 saturated heterocycles. The molecule has 0 unspecified atom stereocenters. The minimum atomic E-state index is -0.407. The van der Waals surface area contributed by atoms with Crippen molar-refractivity contribution < 1.29 is 14.0 Å². The number of hydrogen-bond donors (Lipinski definition) is 1. The smallest absolute Gasteiger partial charge is 0.259 e. The number of fused-ring (bicyclic) bond motifs is 1. The Kier molecular flexibility index (Phi) is 4.93. The van der Waals surface area contributed by atoms with E-state index in [0.717, 1.165) is 11.3 Å². The fraction of sp³-hybridized carbons (Fsp3) is 0.0952. The molecule has 0 spiro atoms. The van der Waals surface area contributed by atoms with Gasteiger partial charge in [-0.25, -0.2) is 19.3 Å². The van der Waals surface area contributed by atoms with Gasteiger partial charge in [0, 0.05) is 31.3 Å². The number of imidazole rings is 1. The molecule has 0 aliphatic rings. The summed E-state index contributed by atoms with van der Waals surface area (Å²) in [6.07, 6.45) is 6.56. The lowest BCUT2D eigenvalue weighted by atomic mass is 10.2. The third-order valence-electron chi connectivity index (χ3n) is 4.49. The van der Waals surface area contributed by atoms with Gasteiger partial charge in [-0.1, -0.05) is 0 Å². The molecule has 9 heteroatoms. The predicted octanol–water partition coefficient (Wildman–Crippen LogP) is 3.17. The van der Waals surface area contributed by atoms with Gasteiger partial charge in [0.05, 0.1) is 24.3 Å². The number of halogens is 1. The number of pyridine rings is 1. The van der Waals surface area contributed by atoms with Crippen LogP contribution in [0.3, 0.4) is 0 Å². The van der Waals surface area contributed by atoms with Crippen molar-refractivity contribution in [2.45, 2.75) is 6.92 Å². The van der Waals surface area contributed by atoms with Gasteiger partial charge in [-0.05, 0) is 36.4 Å². The van der Waals surface area contributed by atoms with Crippen molar-refractivity contribution in [1.29, 1.82) is 0 Å². The monoisotopic (exact) mass is 404 g/mol. The van der Waals surface area contributed by atoms with Gasteiger partial charge in [0.25, 0.3) is 5.91 Å². The number of hydrogen-bond acceptors (Lipinski definition) is 5. The highest BCUT2D eigenvalue weighted by molar-refractivity contribution is 6.05. The average Bonchev–Trinajstić information content (AvgIpc) is 3.16. The molecule has 150 valence electrons. The molecule has 0 atom stereocenters. The van der Waals surface area contributed by atoms with E-state index in [-0.39, 0.29) is 11.8 Å². The minimum Gasteiger partial charge on any atom is -0.311 e. The Balaban J connectivity index is 1.66. The van der Waals surface area contributed by atoms with Gasteiger partial charge in [-0.2, -0.15) is 0 Å². The number of aromatic nitrogens is 4. The van der Waals surface area contributed by atoms with Crippen molar-refractivity contribution in [2.75, 3.05) is 17.3 Å². The lowest BCUT2D eigenvalue weighted by Gasteiger charge is -2.16. The molecular weight excluding hydrogens is 387 g/mol. The third kappa shape index (κ3) is 3.72. The zero-order valence-corrected chi connectivity index (χ0v) is 16.2. The molecule has 30 heavy (non-hydrogen) atoms. The summed E-state index contributed by atoms with van der Waals surface area (Å²) in [7, 11) is 1.60. The number of nitrogens with zero attached hydrogens (tertiary/aromatic N) is 5. The van der Waals surface area contributed by atoms with E-state index in [0.29, 0.717) is 22.8 Å². The van der Waals surface area contributed by atoms with Crippen molar-refractivity contribution in [2.24, 2.45) is 0 Å². The highest BCUT2D eigenvalue weighted by Crippen LogP contribution is 2.23. The van der Waals surface area contributed by atoms with E-state index in [1.54, 1.807) is 42.3 Å². The molecule has 0 radical (unpaired) electrons. The fourth-order valence-corrected chi connectivity index (χ4v) is 2.96. The fourth-order valence-electron chi connectivity index (χ4n) is 2.96. The van der Waals surface area contributed by atoms with E-state index in [1.807, 2.05) is 6.07 Å². The van der Waals surface area contributed by atoms with Crippen LogP contribution in [0.2, 0.25) is 0 Å². The summed E-state index contributed by atoms with van der Waals surface area (Å²) in [6.45, 7) is 1.42. The topological polar surface area (TPSA) is 92.5 Å².